The number of carbonyl (C=O) groups is 1. The summed E-state index contributed by atoms with van der Waals surface area (Å²) >= 11 is 0.926. The number of H-pyrrole nitrogens is 1. The number of benzene rings is 2. The Kier molecular flexibility index (Phi) is 6.14. The molecule has 0 radical (unpaired) electrons. The first-order valence-corrected chi connectivity index (χ1v) is 9.48. The summed E-state index contributed by atoms with van der Waals surface area (Å²) in [6.45, 7) is 0. The van der Waals surface area contributed by atoms with Gasteiger partial charge in [-0.05, 0) is 29.8 Å². The molecular weight excluding hydrogens is 414 g/mol. The number of carboxylic acids is 1. The van der Waals surface area contributed by atoms with Crippen LogP contribution in [0.2, 0.25) is 0 Å². The summed E-state index contributed by atoms with van der Waals surface area (Å²) in [7, 11) is 0. The lowest BCUT2D eigenvalue weighted by Crippen LogP contribution is -2.32. The largest absolute Gasteiger partial charge is 0.494 e. The predicted octanol–water partition coefficient (Wildman–Crippen LogP) is 2.39. The van der Waals surface area contributed by atoms with Crippen molar-refractivity contribution >= 4 is 23.0 Å². The molecule has 2 aromatic carbocycles. The zero-order chi connectivity index (χ0) is 21.8. The van der Waals surface area contributed by atoms with Gasteiger partial charge in [0.15, 0.2) is 0 Å². The average molecular weight is 431 g/mol. The molecule has 3 aromatic rings. The van der Waals surface area contributed by atoms with Gasteiger partial charge in [-0.2, -0.15) is 0 Å². The smallest absolute Gasteiger partial charge is 0.320 e. The third-order valence-electron chi connectivity index (χ3n) is 4.23. The van der Waals surface area contributed by atoms with Crippen LogP contribution < -0.4 is 15.3 Å². The fourth-order valence-corrected chi connectivity index (χ4v) is 3.50. The first-order chi connectivity index (χ1) is 14.2. The molecule has 0 saturated carbocycles. The van der Waals surface area contributed by atoms with Gasteiger partial charge in [0, 0.05) is 18.4 Å². The molecule has 1 unspecified atom stereocenters. The van der Waals surface area contributed by atoms with Crippen molar-refractivity contribution < 1.29 is 24.7 Å². The zero-order valence-electron chi connectivity index (χ0n) is 15.4. The van der Waals surface area contributed by atoms with Gasteiger partial charge in [0.25, 0.3) is 5.69 Å². The molecule has 0 bridgehead atoms. The minimum atomic E-state index is -1.25. The molecule has 11 heteroatoms. The molecule has 10 nitrogen and oxygen atoms in total. The third kappa shape index (κ3) is 5.01. The van der Waals surface area contributed by atoms with Crippen molar-refractivity contribution in [2.75, 3.05) is 0 Å². The molecule has 0 fully saturated rings. The number of thiazole rings is 1. The first-order valence-electron chi connectivity index (χ1n) is 8.66. The number of nitrogens with one attached hydrogen (secondary N) is 1. The molecule has 1 aromatic heterocycles. The number of aliphatic carboxylic acids is 1. The molecule has 0 amide bonds. The second kappa shape index (κ2) is 8.76. The van der Waals surface area contributed by atoms with Gasteiger partial charge < -0.3 is 20.7 Å². The zero-order valence-corrected chi connectivity index (χ0v) is 16.2. The molecule has 30 heavy (non-hydrogen) atoms. The predicted molar refractivity (Wildman–Crippen MR) is 108 cm³/mol. The van der Waals surface area contributed by atoms with E-state index in [1.165, 1.54) is 18.2 Å². The van der Waals surface area contributed by atoms with Gasteiger partial charge in [-0.1, -0.05) is 23.5 Å². The van der Waals surface area contributed by atoms with Crippen LogP contribution in [0.4, 0.5) is 5.69 Å². The Balaban J connectivity index is 1.74. The number of rotatable bonds is 8. The monoisotopic (exact) mass is 431 g/mol. The maximum Gasteiger partial charge on any atom is 0.320 e. The molecule has 3 rings (SSSR count). The van der Waals surface area contributed by atoms with E-state index in [1.807, 2.05) is 0 Å². The third-order valence-corrected chi connectivity index (χ3v) is 5.11. The van der Waals surface area contributed by atoms with Crippen molar-refractivity contribution in [1.82, 2.24) is 4.98 Å². The first kappa shape index (κ1) is 21.0. The van der Waals surface area contributed by atoms with E-state index >= 15 is 0 Å². The van der Waals surface area contributed by atoms with Crippen LogP contribution in [0.15, 0.2) is 47.3 Å². The van der Waals surface area contributed by atoms with Gasteiger partial charge in [-0.15, -0.1) is 0 Å². The van der Waals surface area contributed by atoms with E-state index in [0.717, 1.165) is 16.9 Å². The number of nitrogens with zero attached hydrogens (tertiary/aromatic N) is 1. The Morgan fingerprint density at radius 1 is 1.23 bits per heavy atom. The topological polar surface area (TPSA) is 169 Å². The second-order valence-corrected chi connectivity index (χ2v) is 7.47. The van der Waals surface area contributed by atoms with Crippen molar-refractivity contribution in [3.05, 3.63) is 78.3 Å². The Hall–Kier alpha value is -3.70. The van der Waals surface area contributed by atoms with Gasteiger partial charge >= 0.3 is 10.8 Å². The summed E-state index contributed by atoms with van der Waals surface area (Å²) in [5, 5.41) is 29.9. The van der Waals surface area contributed by atoms with Gasteiger partial charge in [-0.25, -0.2) is 0 Å². The average Bonchev–Trinajstić information content (AvgIpc) is 3.01. The van der Waals surface area contributed by atoms with E-state index in [0.29, 0.717) is 17.0 Å². The Morgan fingerprint density at radius 2 is 1.90 bits per heavy atom. The van der Waals surface area contributed by atoms with Crippen LogP contribution in [-0.4, -0.2) is 32.1 Å². The molecule has 156 valence electrons. The van der Waals surface area contributed by atoms with Crippen LogP contribution in [0.5, 0.6) is 17.4 Å². The second-order valence-electron chi connectivity index (χ2n) is 6.41. The van der Waals surface area contributed by atoms with Crippen molar-refractivity contribution in [2.45, 2.75) is 18.9 Å². The quantitative estimate of drug-likeness (QED) is 0.311. The summed E-state index contributed by atoms with van der Waals surface area (Å²) in [6.07, 6.45) is 0.179. The number of carboxylic acid groups (broad SMARTS) is 1. The summed E-state index contributed by atoms with van der Waals surface area (Å²) in [4.78, 5) is 35.4. The fourth-order valence-electron chi connectivity index (χ4n) is 2.74. The number of aromatic nitrogens is 1. The lowest BCUT2D eigenvalue weighted by Gasteiger charge is -2.10. The highest BCUT2D eigenvalue weighted by atomic mass is 32.1. The molecule has 5 N–H and O–H groups in total. The lowest BCUT2D eigenvalue weighted by molar-refractivity contribution is -0.385. The van der Waals surface area contributed by atoms with Crippen LogP contribution >= 0.6 is 11.3 Å². The normalized spacial score (nSPS) is 11.8. The van der Waals surface area contributed by atoms with Crippen LogP contribution in [0.1, 0.15) is 16.0 Å². The molecule has 1 heterocycles. The van der Waals surface area contributed by atoms with E-state index in [4.69, 9.17) is 15.6 Å². The number of nitrogens with two attached hydrogens (primary N) is 1. The molecule has 0 saturated heterocycles. The van der Waals surface area contributed by atoms with E-state index in [1.54, 1.807) is 24.3 Å². The minimum absolute atomic E-state index is 0.152. The lowest BCUT2D eigenvalue weighted by atomic mass is 10.0. The summed E-state index contributed by atoms with van der Waals surface area (Å²) in [5.74, 6) is -0.761. The summed E-state index contributed by atoms with van der Waals surface area (Å²) < 4.78 is 5.65. The number of aromatic hydroxyl groups is 1. The molecule has 0 aliphatic rings. The highest BCUT2D eigenvalue weighted by Gasteiger charge is 2.21. The number of aromatic amines is 1. The fraction of sp³-hybridized carbons (Fsp3) is 0.158. The highest BCUT2D eigenvalue weighted by Crippen LogP contribution is 2.30. The molecule has 0 aliphatic heterocycles. The van der Waals surface area contributed by atoms with Gasteiger partial charge in [-0.3, -0.25) is 24.7 Å². The minimum Gasteiger partial charge on any atom is -0.494 e. The number of ether oxygens (including phenoxy) is 1. The molecular formula is C19H17N3O7S. The molecule has 0 aliphatic carbocycles. The van der Waals surface area contributed by atoms with Crippen LogP contribution in [0.3, 0.4) is 0 Å². The maximum atomic E-state index is 11.3. The Labute approximate surface area is 173 Å². The van der Waals surface area contributed by atoms with E-state index < -0.39 is 16.9 Å². The van der Waals surface area contributed by atoms with Crippen molar-refractivity contribution in [3.8, 4) is 17.4 Å². The van der Waals surface area contributed by atoms with Crippen LogP contribution in [0, 0.1) is 10.1 Å². The summed E-state index contributed by atoms with van der Waals surface area (Å²) in [6, 6.07) is 9.68. The number of hydrogen-bond acceptors (Lipinski definition) is 8. The maximum absolute atomic E-state index is 11.3. The van der Waals surface area contributed by atoms with Crippen molar-refractivity contribution in [2.24, 2.45) is 5.73 Å². The molecule has 0 spiro atoms. The van der Waals surface area contributed by atoms with Crippen molar-refractivity contribution in [3.63, 3.8) is 0 Å². The Morgan fingerprint density at radius 3 is 2.47 bits per heavy atom. The van der Waals surface area contributed by atoms with Crippen LogP contribution in [0.25, 0.3) is 0 Å². The van der Waals surface area contributed by atoms with E-state index in [2.05, 4.69) is 4.98 Å². The standard InChI is InChI=1S/C19H17N3O7S/c20-14(18(24)25)8-11-3-6-13(9-15(11)22(27)28)29-12-4-1-10(2-5-12)7-16-17(23)21-19(26)30-16/h1-6,9,14,23H,7-8,20H2,(H,21,26)(H,24,25). The van der Waals surface area contributed by atoms with E-state index in [-0.39, 0.29) is 34.2 Å². The van der Waals surface area contributed by atoms with Crippen molar-refractivity contribution in [1.29, 1.82) is 0 Å². The summed E-state index contributed by atoms with van der Waals surface area (Å²) in [5.41, 5.74) is 6.22. The number of nitro groups is 1. The Bertz CT molecular complexity index is 1140. The molecule has 1 atom stereocenters. The van der Waals surface area contributed by atoms with Gasteiger partial charge in [0.1, 0.15) is 17.5 Å². The highest BCUT2D eigenvalue weighted by molar-refractivity contribution is 7.09. The number of nitro benzene ring substituents is 1. The SMILES string of the molecule is NC(Cc1ccc(Oc2ccc(Cc3sc(=O)[nH]c3O)cc2)cc1[N+](=O)[O-])C(=O)O. The van der Waals surface area contributed by atoms with Gasteiger partial charge in [0.2, 0.25) is 5.88 Å². The number of hydrogen-bond donors (Lipinski definition) is 4. The van der Waals surface area contributed by atoms with Gasteiger partial charge in [0.05, 0.1) is 15.9 Å². The van der Waals surface area contributed by atoms with Crippen LogP contribution in [-0.2, 0) is 17.6 Å². The van der Waals surface area contributed by atoms with E-state index in [9.17, 15) is 24.8 Å².